The van der Waals surface area contributed by atoms with Gasteiger partial charge in [0.2, 0.25) is 5.75 Å². The SMILES string of the molecule is C=CC(O)c1c(C(=O)O)cc(OC)c(O)c1OC. The van der Waals surface area contributed by atoms with Crippen molar-refractivity contribution < 1.29 is 29.6 Å². The number of methoxy groups -OCH3 is 2. The Balaban J connectivity index is 3.68. The third kappa shape index (κ3) is 2.23. The minimum Gasteiger partial charge on any atom is -0.502 e. The minimum absolute atomic E-state index is 0.0516. The van der Waals surface area contributed by atoms with Crippen molar-refractivity contribution in [1.82, 2.24) is 0 Å². The van der Waals surface area contributed by atoms with Gasteiger partial charge in [0.1, 0.15) is 6.10 Å². The summed E-state index contributed by atoms with van der Waals surface area (Å²) in [4.78, 5) is 11.2. The van der Waals surface area contributed by atoms with Gasteiger partial charge in [0.25, 0.3) is 0 Å². The minimum atomic E-state index is -1.28. The highest BCUT2D eigenvalue weighted by atomic mass is 16.5. The average Bonchev–Trinajstić information content (AvgIpc) is 2.36. The Kier molecular flexibility index (Phi) is 4.17. The third-order valence-electron chi connectivity index (χ3n) is 2.43. The summed E-state index contributed by atoms with van der Waals surface area (Å²) in [6.45, 7) is 3.37. The van der Waals surface area contributed by atoms with Crippen LogP contribution in [0.2, 0.25) is 0 Å². The van der Waals surface area contributed by atoms with Gasteiger partial charge in [-0.25, -0.2) is 4.79 Å². The van der Waals surface area contributed by atoms with E-state index in [0.29, 0.717) is 0 Å². The van der Waals surface area contributed by atoms with E-state index >= 15 is 0 Å². The van der Waals surface area contributed by atoms with Gasteiger partial charge in [0, 0.05) is 5.56 Å². The largest absolute Gasteiger partial charge is 0.502 e. The number of ether oxygens (including phenoxy) is 2. The molecule has 1 unspecified atom stereocenters. The molecule has 0 saturated heterocycles. The van der Waals surface area contributed by atoms with Crippen LogP contribution >= 0.6 is 0 Å². The lowest BCUT2D eigenvalue weighted by molar-refractivity contribution is 0.0690. The zero-order valence-corrected chi connectivity index (χ0v) is 10.0. The Morgan fingerprint density at radius 3 is 2.44 bits per heavy atom. The van der Waals surface area contributed by atoms with Crippen LogP contribution in [0.15, 0.2) is 18.7 Å². The van der Waals surface area contributed by atoms with Crippen molar-refractivity contribution in [3.8, 4) is 17.2 Å². The molecule has 0 aromatic heterocycles. The summed E-state index contributed by atoms with van der Waals surface area (Å²) in [5.41, 5.74) is -0.299. The number of aromatic hydroxyl groups is 1. The zero-order chi connectivity index (χ0) is 13.9. The van der Waals surface area contributed by atoms with Crippen LogP contribution in [0.25, 0.3) is 0 Å². The van der Waals surface area contributed by atoms with Gasteiger partial charge in [-0.05, 0) is 6.07 Å². The second-order valence-electron chi connectivity index (χ2n) is 3.41. The van der Waals surface area contributed by atoms with E-state index < -0.39 is 12.1 Å². The standard InChI is InChI=1S/C12H14O6/c1-4-7(13)9-6(12(15)16)5-8(17-2)10(14)11(9)18-3/h4-5,7,13-14H,1H2,2-3H3,(H,15,16). The monoisotopic (exact) mass is 254 g/mol. The average molecular weight is 254 g/mol. The lowest BCUT2D eigenvalue weighted by atomic mass is 9.99. The van der Waals surface area contributed by atoms with E-state index in [1.165, 1.54) is 14.2 Å². The second kappa shape index (κ2) is 5.42. The summed E-state index contributed by atoms with van der Waals surface area (Å²) in [7, 11) is 2.53. The molecule has 18 heavy (non-hydrogen) atoms. The Labute approximate surface area is 104 Å². The first-order chi connectivity index (χ1) is 8.47. The normalized spacial score (nSPS) is 11.7. The number of hydrogen-bond acceptors (Lipinski definition) is 5. The maximum Gasteiger partial charge on any atom is 0.336 e. The van der Waals surface area contributed by atoms with Crippen LogP contribution in [0.3, 0.4) is 0 Å². The topological polar surface area (TPSA) is 96.2 Å². The molecule has 1 aromatic carbocycles. The molecule has 1 rings (SSSR count). The molecule has 0 fully saturated rings. The number of carbonyl (C=O) groups is 1. The number of rotatable bonds is 5. The van der Waals surface area contributed by atoms with Gasteiger partial charge in [0.05, 0.1) is 19.8 Å². The summed E-state index contributed by atoms with van der Waals surface area (Å²) < 4.78 is 9.78. The Hall–Kier alpha value is -2.21. The summed E-state index contributed by atoms with van der Waals surface area (Å²) in [5.74, 6) is -1.85. The first kappa shape index (κ1) is 13.9. The number of phenols is 1. The molecule has 98 valence electrons. The molecule has 0 spiro atoms. The van der Waals surface area contributed by atoms with Crippen molar-refractivity contribution in [2.24, 2.45) is 0 Å². The van der Waals surface area contributed by atoms with Gasteiger partial charge >= 0.3 is 5.97 Å². The lowest BCUT2D eigenvalue weighted by Crippen LogP contribution is -2.09. The summed E-state index contributed by atoms with van der Waals surface area (Å²) in [6, 6.07) is 1.11. The smallest absolute Gasteiger partial charge is 0.336 e. The predicted octanol–water partition coefficient (Wildman–Crippen LogP) is 1.33. The molecule has 0 radical (unpaired) electrons. The Morgan fingerprint density at radius 1 is 1.44 bits per heavy atom. The lowest BCUT2D eigenvalue weighted by Gasteiger charge is -2.17. The van der Waals surface area contributed by atoms with E-state index in [1.807, 2.05) is 0 Å². The van der Waals surface area contributed by atoms with E-state index in [-0.39, 0.29) is 28.4 Å². The van der Waals surface area contributed by atoms with Crippen LogP contribution < -0.4 is 9.47 Å². The Bertz CT molecular complexity index is 480. The van der Waals surface area contributed by atoms with Crippen molar-refractivity contribution >= 4 is 5.97 Å². The first-order valence-corrected chi connectivity index (χ1v) is 4.99. The van der Waals surface area contributed by atoms with Crippen molar-refractivity contribution in [3.63, 3.8) is 0 Å². The molecule has 0 heterocycles. The van der Waals surface area contributed by atoms with Gasteiger partial charge in [-0.2, -0.15) is 0 Å². The molecule has 6 nitrogen and oxygen atoms in total. The fraction of sp³-hybridized carbons (Fsp3) is 0.250. The number of hydrogen-bond donors (Lipinski definition) is 3. The molecule has 0 bridgehead atoms. The van der Waals surface area contributed by atoms with Gasteiger partial charge < -0.3 is 24.8 Å². The molecular formula is C12H14O6. The van der Waals surface area contributed by atoms with Crippen molar-refractivity contribution in [3.05, 3.63) is 29.8 Å². The number of carboxylic acid groups (broad SMARTS) is 1. The highest BCUT2D eigenvalue weighted by Crippen LogP contribution is 2.43. The molecule has 1 aromatic rings. The number of aliphatic hydroxyl groups excluding tert-OH is 1. The van der Waals surface area contributed by atoms with Crippen LogP contribution in [0.4, 0.5) is 0 Å². The maximum absolute atomic E-state index is 11.2. The van der Waals surface area contributed by atoms with Crippen molar-refractivity contribution in [2.45, 2.75) is 6.10 Å². The molecule has 0 saturated carbocycles. The highest BCUT2D eigenvalue weighted by molar-refractivity contribution is 5.92. The van der Waals surface area contributed by atoms with Crippen molar-refractivity contribution in [2.75, 3.05) is 14.2 Å². The molecule has 0 aliphatic carbocycles. The van der Waals surface area contributed by atoms with E-state index in [9.17, 15) is 15.0 Å². The number of aliphatic hydroxyl groups is 1. The van der Waals surface area contributed by atoms with Gasteiger partial charge in [-0.15, -0.1) is 6.58 Å². The predicted molar refractivity (Wildman–Crippen MR) is 63.3 cm³/mol. The molecule has 1 atom stereocenters. The van der Waals surface area contributed by atoms with Gasteiger partial charge in [-0.1, -0.05) is 6.08 Å². The molecule has 0 aliphatic heterocycles. The zero-order valence-electron chi connectivity index (χ0n) is 10.0. The highest BCUT2D eigenvalue weighted by Gasteiger charge is 2.26. The van der Waals surface area contributed by atoms with E-state index in [1.54, 1.807) is 0 Å². The molecule has 6 heteroatoms. The van der Waals surface area contributed by atoms with Crippen LogP contribution in [-0.2, 0) is 0 Å². The number of aromatic carboxylic acids is 1. The molecule has 3 N–H and O–H groups in total. The maximum atomic E-state index is 11.2. The van der Waals surface area contributed by atoms with E-state index in [0.717, 1.165) is 12.1 Å². The van der Waals surface area contributed by atoms with E-state index in [4.69, 9.17) is 14.6 Å². The van der Waals surface area contributed by atoms with Crippen molar-refractivity contribution in [1.29, 1.82) is 0 Å². The van der Waals surface area contributed by atoms with E-state index in [2.05, 4.69) is 6.58 Å². The van der Waals surface area contributed by atoms with Crippen LogP contribution in [-0.4, -0.2) is 35.5 Å². The fourth-order valence-electron chi connectivity index (χ4n) is 1.59. The third-order valence-corrected chi connectivity index (χ3v) is 2.43. The number of benzene rings is 1. The number of carboxylic acids is 1. The number of phenolic OH excluding ortho intramolecular Hbond substituents is 1. The fourth-order valence-corrected chi connectivity index (χ4v) is 1.59. The molecule has 0 aliphatic rings. The quantitative estimate of drug-likeness (QED) is 0.686. The van der Waals surface area contributed by atoms with Crippen LogP contribution in [0.1, 0.15) is 22.0 Å². The summed E-state index contributed by atoms with van der Waals surface area (Å²) >= 11 is 0. The van der Waals surface area contributed by atoms with Crippen LogP contribution in [0.5, 0.6) is 17.2 Å². The van der Waals surface area contributed by atoms with Gasteiger partial charge in [0.15, 0.2) is 11.5 Å². The molecular weight excluding hydrogens is 240 g/mol. The first-order valence-electron chi connectivity index (χ1n) is 4.99. The van der Waals surface area contributed by atoms with Crippen LogP contribution in [0, 0.1) is 0 Å². The Morgan fingerprint density at radius 2 is 2.06 bits per heavy atom. The second-order valence-corrected chi connectivity index (χ2v) is 3.41. The summed E-state index contributed by atoms with van der Waals surface area (Å²) in [6.07, 6.45) is -0.140. The van der Waals surface area contributed by atoms with Gasteiger partial charge in [-0.3, -0.25) is 0 Å². The molecule has 0 amide bonds. The summed E-state index contributed by atoms with van der Waals surface area (Å²) in [5, 5.41) is 28.7.